The third-order valence-electron chi connectivity index (χ3n) is 5.78. The molecule has 2 aromatic carbocycles. The normalized spacial score (nSPS) is 18.7. The van der Waals surface area contributed by atoms with Crippen LogP contribution in [-0.4, -0.2) is 46.4 Å². The van der Waals surface area contributed by atoms with Crippen LogP contribution < -0.4 is 0 Å². The van der Waals surface area contributed by atoms with E-state index in [1.165, 1.54) is 6.07 Å². The van der Waals surface area contributed by atoms with Crippen molar-refractivity contribution in [2.75, 3.05) is 19.7 Å². The number of piperidine rings is 1. The first-order valence-electron chi connectivity index (χ1n) is 10.4. The fourth-order valence-corrected chi connectivity index (χ4v) is 4.26. The van der Waals surface area contributed by atoms with E-state index in [0.717, 1.165) is 0 Å². The van der Waals surface area contributed by atoms with E-state index in [9.17, 15) is 14.0 Å². The second kappa shape index (κ2) is 8.79. The number of rotatable bonds is 5. The van der Waals surface area contributed by atoms with Gasteiger partial charge in [0.2, 0.25) is 0 Å². The van der Waals surface area contributed by atoms with Crippen LogP contribution >= 0.6 is 0 Å². The van der Waals surface area contributed by atoms with Crippen molar-refractivity contribution in [3.63, 3.8) is 0 Å². The second-order valence-electron chi connectivity index (χ2n) is 7.86. The molecule has 0 N–H and O–H groups in total. The Balaban J connectivity index is 1.63. The van der Waals surface area contributed by atoms with Crippen LogP contribution in [-0.2, 0) is 16.0 Å². The molecule has 31 heavy (non-hydrogen) atoms. The fraction of sp³-hybridized carbons (Fsp3) is 0.333. The number of benzene rings is 2. The number of ether oxygens (including phenoxy) is 1. The van der Waals surface area contributed by atoms with E-state index in [1.54, 1.807) is 60.6 Å². The molecule has 1 aliphatic heterocycles. The van der Waals surface area contributed by atoms with Gasteiger partial charge < -0.3 is 9.64 Å². The maximum Gasteiger partial charge on any atom is 0.314 e. The van der Waals surface area contributed by atoms with Gasteiger partial charge >= 0.3 is 5.97 Å². The van der Waals surface area contributed by atoms with Gasteiger partial charge in [-0.3, -0.25) is 19.6 Å². The summed E-state index contributed by atoms with van der Waals surface area (Å²) in [5, 5.41) is 0. The van der Waals surface area contributed by atoms with Crippen molar-refractivity contribution in [2.45, 2.75) is 26.2 Å². The molecule has 1 saturated heterocycles. The maximum absolute atomic E-state index is 14.4. The Morgan fingerprint density at radius 2 is 1.90 bits per heavy atom. The number of halogens is 1. The smallest absolute Gasteiger partial charge is 0.314 e. The standard InChI is InChI=1S/C24H24FN3O3/c1-2-31-23(30)24(15-18-6-3-4-7-19(18)25)10-5-13-28(16-24)22(29)17-8-9-20-21(14-17)27-12-11-26-20/h3-4,6-9,11-12,14H,2,5,10,13,15-16H2,1H3. The summed E-state index contributed by atoms with van der Waals surface area (Å²) >= 11 is 0. The van der Waals surface area contributed by atoms with Crippen LogP contribution in [0, 0.1) is 11.2 Å². The average molecular weight is 421 g/mol. The number of carbonyl (C=O) groups excluding carboxylic acids is 2. The van der Waals surface area contributed by atoms with Gasteiger partial charge in [-0.25, -0.2) is 4.39 Å². The molecule has 1 fully saturated rings. The van der Waals surface area contributed by atoms with Crippen LogP contribution in [0.25, 0.3) is 11.0 Å². The topological polar surface area (TPSA) is 72.4 Å². The highest BCUT2D eigenvalue weighted by Crippen LogP contribution is 2.36. The Hall–Kier alpha value is -3.35. The van der Waals surface area contributed by atoms with Gasteiger partial charge in [-0.2, -0.15) is 0 Å². The van der Waals surface area contributed by atoms with Crippen LogP contribution in [0.5, 0.6) is 0 Å². The number of likely N-dealkylation sites (tertiary alicyclic amines) is 1. The van der Waals surface area contributed by atoms with E-state index >= 15 is 0 Å². The van der Waals surface area contributed by atoms with E-state index in [4.69, 9.17) is 4.74 Å². The van der Waals surface area contributed by atoms with Crippen LogP contribution in [0.1, 0.15) is 35.7 Å². The van der Waals surface area contributed by atoms with Crippen molar-refractivity contribution in [1.82, 2.24) is 14.9 Å². The summed E-state index contributed by atoms with van der Waals surface area (Å²) < 4.78 is 19.8. The van der Waals surface area contributed by atoms with Gasteiger partial charge in [0.05, 0.1) is 23.1 Å². The summed E-state index contributed by atoms with van der Waals surface area (Å²) in [7, 11) is 0. The Kier molecular flexibility index (Phi) is 5.93. The molecule has 0 spiro atoms. The zero-order chi connectivity index (χ0) is 21.8. The second-order valence-corrected chi connectivity index (χ2v) is 7.86. The maximum atomic E-state index is 14.4. The van der Waals surface area contributed by atoms with Gasteiger partial charge in [-0.05, 0) is 56.0 Å². The van der Waals surface area contributed by atoms with E-state index in [0.29, 0.717) is 41.5 Å². The van der Waals surface area contributed by atoms with E-state index < -0.39 is 5.41 Å². The lowest BCUT2D eigenvalue weighted by molar-refractivity contribution is -0.158. The van der Waals surface area contributed by atoms with Crippen LogP contribution in [0.3, 0.4) is 0 Å². The van der Waals surface area contributed by atoms with Crippen molar-refractivity contribution in [1.29, 1.82) is 0 Å². The summed E-state index contributed by atoms with van der Waals surface area (Å²) in [4.78, 5) is 36.5. The molecular weight excluding hydrogens is 397 g/mol. The third kappa shape index (κ3) is 4.26. The molecule has 6 nitrogen and oxygen atoms in total. The van der Waals surface area contributed by atoms with Gasteiger partial charge in [-0.15, -0.1) is 0 Å². The van der Waals surface area contributed by atoms with Gasteiger partial charge in [0.15, 0.2) is 0 Å². The van der Waals surface area contributed by atoms with Crippen molar-refractivity contribution in [3.05, 3.63) is 71.8 Å². The summed E-state index contributed by atoms with van der Waals surface area (Å²) in [6.07, 6.45) is 4.54. The van der Waals surface area contributed by atoms with Crippen LogP contribution in [0.2, 0.25) is 0 Å². The molecule has 160 valence electrons. The molecule has 0 bridgehead atoms. The summed E-state index contributed by atoms with van der Waals surface area (Å²) in [6.45, 7) is 2.68. The lowest BCUT2D eigenvalue weighted by Crippen LogP contribution is -2.51. The van der Waals surface area contributed by atoms with Gasteiger partial charge in [0.1, 0.15) is 5.82 Å². The minimum absolute atomic E-state index is 0.178. The lowest BCUT2D eigenvalue weighted by atomic mass is 9.74. The van der Waals surface area contributed by atoms with E-state index in [-0.39, 0.29) is 37.3 Å². The van der Waals surface area contributed by atoms with Gasteiger partial charge in [0.25, 0.3) is 5.91 Å². The van der Waals surface area contributed by atoms with Gasteiger partial charge in [0, 0.05) is 31.0 Å². The Labute approximate surface area is 180 Å². The van der Waals surface area contributed by atoms with Crippen LogP contribution in [0.4, 0.5) is 4.39 Å². The highest BCUT2D eigenvalue weighted by Gasteiger charge is 2.45. The highest BCUT2D eigenvalue weighted by atomic mass is 19.1. The van der Waals surface area contributed by atoms with E-state index in [1.807, 2.05) is 0 Å². The van der Waals surface area contributed by atoms with Crippen molar-refractivity contribution in [3.8, 4) is 0 Å². The largest absolute Gasteiger partial charge is 0.466 e. The molecule has 3 aromatic rings. The third-order valence-corrected chi connectivity index (χ3v) is 5.78. The molecule has 0 radical (unpaired) electrons. The van der Waals surface area contributed by atoms with Crippen molar-refractivity contribution >= 4 is 22.9 Å². The molecule has 2 heterocycles. The summed E-state index contributed by atoms with van der Waals surface area (Å²) in [5.41, 5.74) is 1.29. The number of esters is 1. The highest BCUT2D eigenvalue weighted by molar-refractivity contribution is 5.97. The Morgan fingerprint density at radius 1 is 1.13 bits per heavy atom. The fourth-order valence-electron chi connectivity index (χ4n) is 4.26. The first-order chi connectivity index (χ1) is 15.0. The number of hydrogen-bond donors (Lipinski definition) is 0. The van der Waals surface area contributed by atoms with Crippen molar-refractivity contribution in [2.24, 2.45) is 5.41 Å². The van der Waals surface area contributed by atoms with Gasteiger partial charge in [-0.1, -0.05) is 18.2 Å². The molecule has 1 atom stereocenters. The minimum Gasteiger partial charge on any atom is -0.466 e. The van der Waals surface area contributed by atoms with E-state index in [2.05, 4.69) is 9.97 Å². The molecule has 1 amide bonds. The number of hydrogen-bond acceptors (Lipinski definition) is 5. The van der Waals surface area contributed by atoms with Crippen molar-refractivity contribution < 1.29 is 18.7 Å². The molecule has 0 saturated carbocycles. The Bertz CT molecular complexity index is 1120. The molecule has 0 aliphatic carbocycles. The first kappa shape index (κ1) is 20.9. The average Bonchev–Trinajstić information content (AvgIpc) is 2.80. The molecule has 4 rings (SSSR count). The Morgan fingerprint density at radius 3 is 2.68 bits per heavy atom. The predicted molar refractivity (Wildman–Crippen MR) is 114 cm³/mol. The molecule has 7 heteroatoms. The molecule has 1 aliphatic rings. The minimum atomic E-state index is -0.983. The zero-order valence-electron chi connectivity index (χ0n) is 17.4. The lowest BCUT2D eigenvalue weighted by Gasteiger charge is -2.41. The summed E-state index contributed by atoms with van der Waals surface area (Å²) in [6, 6.07) is 11.6. The van der Waals surface area contributed by atoms with Crippen LogP contribution in [0.15, 0.2) is 54.9 Å². The predicted octanol–water partition coefficient (Wildman–Crippen LogP) is 3.80. The molecule has 1 aromatic heterocycles. The SMILES string of the molecule is CCOC(=O)C1(Cc2ccccc2F)CCCN(C(=O)c2ccc3nccnc3c2)C1. The zero-order valence-corrected chi connectivity index (χ0v) is 17.4. The number of fused-ring (bicyclic) bond motifs is 1. The number of carbonyl (C=O) groups is 2. The number of nitrogens with zero attached hydrogens (tertiary/aromatic N) is 3. The monoisotopic (exact) mass is 421 g/mol. The first-order valence-corrected chi connectivity index (χ1v) is 10.4. The molecular formula is C24H24FN3O3. The summed E-state index contributed by atoms with van der Waals surface area (Å²) in [5.74, 6) is -0.933. The number of aromatic nitrogens is 2. The quantitative estimate of drug-likeness (QED) is 0.586. The number of amides is 1. The molecule has 1 unspecified atom stereocenters.